The first-order chi connectivity index (χ1) is 19.9. The van der Waals surface area contributed by atoms with Gasteiger partial charge in [-0.2, -0.15) is 0 Å². The number of likely N-dealkylation sites (N-methyl/N-ethyl adjacent to an activating group) is 1. The predicted molar refractivity (Wildman–Crippen MR) is 155 cm³/mol. The molecule has 3 aromatic heterocycles. The van der Waals surface area contributed by atoms with Crippen LogP contribution in [0.15, 0.2) is 41.7 Å². The minimum absolute atomic E-state index is 0.0815. The highest BCUT2D eigenvalue weighted by Crippen LogP contribution is 2.33. The van der Waals surface area contributed by atoms with Gasteiger partial charge in [-0.05, 0) is 37.5 Å². The molecule has 0 saturated carbocycles. The van der Waals surface area contributed by atoms with Gasteiger partial charge in [0, 0.05) is 38.5 Å². The predicted octanol–water partition coefficient (Wildman–Crippen LogP) is 3.04. The van der Waals surface area contributed by atoms with Gasteiger partial charge in [-0.1, -0.05) is 11.6 Å². The van der Waals surface area contributed by atoms with Crippen molar-refractivity contribution in [1.82, 2.24) is 19.1 Å². The van der Waals surface area contributed by atoms with Crippen LogP contribution in [0.2, 0.25) is 5.02 Å². The Kier molecular flexibility index (Phi) is 7.89. The molecule has 220 valence electrons. The molecule has 1 saturated heterocycles. The zero-order valence-electron chi connectivity index (χ0n) is 23.1. The number of nitrogens with one attached hydrogen (secondary N) is 1. The largest absolute Gasteiger partial charge is 0.504 e. The first-order valence-electron chi connectivity index (χ1n) is 13.1. The van der Waals surface area contributed by atoms with E-state index in [1.54, 1.807) is 6.07 Å². The van der Waals surface area contributed by atoms with E-state index in [1.807, 2.05) is 18.9 Å². The molecule has 14 heteroatoms. The van der Waals surface area contributed by atoms with Crippen molar-refractivity contribution >= 4 is 46.0 Å². The van der Waals surface area contributed by atoms with Gasteiger partial charge in [-0.3, -0.25) is 14.4 Å². The maximum Gasteiger partial charge on any atom is 0.263 e. The number of fused-ring (bicyclic) bond motifs is 1. The van der Waals surface area contributed by atoms with E-state index >= 15 is 0 Å². The van der Waals surface area contributed by atoms with Crippen molar-refractivity contribution in [2.45, 2.75) is 38.5 Å². The number of nitrogens with two attached hydrogens (primary N) is 1. The Bertz CT molecular complexity index is 1770. The SMILES string of the molecule is CC1CCC(CN(C)c2cc(NC(=O)Cn3cc(-c4cc(F)c(O)c(C(N)=O)c4)c4c(=O)n(C)cnc43)c(Cl)cn2)O1. The molecule has 1 fully saturated rings. The Morgan fingerprint density at radius 3 is 2.74 bits per heavy atom. The fraction of sp³-hybridized carbons (Fsp3) is 0.321. The van der Waals surface area contributed by atoms with Gasteiger partial charge in [0.1, 0.15) is 18.0 Å². The number of aryl methyl sites for hydroxylation is 1. The molecule has 0 spiro atoms. The maximum atomic E-state index is 14.5. The number of anilines is 2. The summed E-state index contributed by atoms with van der Waals surface area (Å²) in [6.07, 6.45) is 6.45. The van der Waals surface area contributed by atoms with Crippen molar-refractivity contribution in [3.8, 4) is 16.9 Å². The number of rotatable bonds is 8. The van der Waals surface area contributed by atoms with Crippen molar-refractivity contribution in [3.63, 3.8) is 0 Å². The molecular formula is C28H29ClFN7O5. The monoisotopic (exact) mass is 597 g/mol. The Morgan fingerprint density at radius 1 is 1.29 bits per heavy atom. The highest BCUT2D eigenvalue weighted by molar-refractivity contribution is 6.33. The van der Waals surface area contributed by atoms with Crippen LogP contribution in [-0.4, -0.2) is 61.8 Å². The number of benzene rings is 1. The van der Waals surface area contributed by atoms with Crippen LogP contribution in [0, 0.1) is 5.82 Å². The zero-order chi connectivity index (χ0) is 30.3. The molecule has 1 aliphatic heterocycles. The number of amides is 2. The lowest BCUT2D eigenvalue weighted by atomic mass is 10.0. The molecule has 5 rings (SSSR count). The molecule has 2 atom stereocenters. The van der Waals surface area contributed by atoms with E-state index in [2.05, 4.69) is 15.3 Å². The van der Waals surface area contributed by atoms with Crippen molar-refractivity contribution in [3.05, 3.63) is 63.7 Å². The quantitative estimate of drug-likeness (QED) is 0.280. The molecule has 1 aromatic carbocycles. The van der Waals surface area contributed by atoms with Gasteiger partial charge in [-0.15, -0.1) is 0 Å². The summed E-state index contributed by atoms with van der Waals surface area (Å²) in [5.74, 6) is -2.93. The summed E-state index contributed by atoms with van der Waals surface area (Å²) in [6.45, 7) is 2.39. The lowest BCUT2D eigenvalue weighted by Crippen LogP contribution is -2.29. The molecule has 4 heterocycles. The van der Waals surface area contributed by atoms with E-state index in [-0.39, 0.29) is 45.9 Å². The van der Waals surface area contributed by atoms with E-state index in [4.69, 9.17) is 22.1 Å². The third-order valence-electron chi connectivity index (χ3n) is 7.19. The topological polar surface area (TPSA) is 158 Å². The van der Waals surface area contributed by atoms with Gasteiger partial charge in [0.15, 0.2) is 11.6 Å². The van der Waals surface area contributed by atoms with Gasteiger partial charge in [0.05, 0.1) is 46.4 Å². The van der Waals surface area contributed by atoms with Crippen molar-refractivity contribution < 1.29 is 23.8 Å². The summed E-state index contributed by atoms with van der Waals surface area (Å²) in [7, 11) is 3.37. The minimum atomic E-state index is -1.09. The molecule has 2 amide bonds. The maximum absolute atomic E-state index is 14.5. The molecule has 12 nitrogen and oxygen atoms in total. The number of carbonyl (C=O) groups is 2. The van der Waals surface area contributed by atoms with Crippen LogP contribution in [0.1, 0.15) is 30.1 Å². The van der Waals surface area contributed by atoms with E-state index in [0.717, 1.165) is 18.9 Å². The number of ether oxygens (including phenoxy) is 1. The Hall–Kier alpha value is -4.49. The standard InChI is InChI=1S/C28H29ClFN7O5/c1-14-4-5-16(42-14)10-35(2)22-8-21(19(29)9-32-22)34-23(38)12-37-11-18(24-27(37)33-13-36(3)28(24)41)15-6-17(26(31)40)25(39)20(30)7-15/h6-9,11,13-14,16,39H,4-5,10,12H2,1-3H3,(H2,31,40)(H,32,34,38). The molecule has 0 radical (unpaired) electrons. The number of hydrogen-bond donors (Lipinski definition) is 3. The number of phenols is 1. The molecule has 2 unspecified atom stereocenters. The van der Waals surface area contributed by atoms with Gasteiger partial charge in [0.2, 0.25) is 5.91 Å². The van der Waals surface area contributed by atoms with Crippen LogP contribution in [0.4, 0.5) is 15.9 Å². The Labute approximate surface area is 244 Å². The average Bonchev–Trinajstić information content (AvgIpc) is 3.51. The molecular weight excluding hydrogens is 569 g/mol. The summed E-state index contributed by atoms with van der Waals surface area (Å²) in [5, 5.41) is 13.0. The normalized spacial score (nSPS) is 16.6. The van der Waals surface area contributed by atoms with Gasteiger partial charge < -0.3 is 34.9 Å². The summed E-state index contributed by atoms with van der Waals surface area (Å²) in [5.41, 5.74) is 5.17. The van der Waals surface area contributed by atoms with Crippen LogP contribution in [0.5, 0.6) is 5.75 Å². The van der Waals surface area contributed by atoms with Crippen LogP contribution in [0.3, 0.4) is 0 Å². The molecule has 42 heavy (non-hydrogen) atoms. The van der Waals surface area contributed by atoms with Gasteiger partial charge >= 0.3 is 0 Å². The number of primary amides is 1. The molecule has 4 aromatic rings. The Morgan fingerprint density at radius 2 is 2.05 bits per heavy atom. The number of aromatic nitrogens is 4. The summed E-state index contributed by atoms with van der Waals surface area (Å²) < 4.78 is 23.1. The second kappa shape index (κ2) is 11.4. The van der Waals surface area contributed by atoms with Crippen LogP contribution >= 0.6 is 11.6 Å². The smallest absolute Gasteiger partial charge is 0.263 e. The lowest BCUT2D eigenvalue weighted by molar-refractivity contribution is -0.116. The Balaban J connectivity index is 1.44. The molecule has 1 aliphatic rings. The van der Waals surface area contributed by atoms with Crippen molar-refractivity contribution in [1.29, 1.82) is 0 Å². The minimum Gasteiger partial charge on any atom is -0.504 e. The fourth-order valence-corrected chi connectivity index (χ4v) is 5.19. The molecule has 4 N–H and O–H groups in total. The van der Waals surface area contributed by atoms with Crippen LogP contribution in [0.25, 0.3) is 22.2 Å². The number of carbonyl (C=O) groups excluding carboxylic acids is 2. The fourth-order valence-electron chi connectivity index (χ4n) is 5.04. The molecule has 0 aliphatic carbocycles. The number of nitrogens with zero attached hydrogens (tertiary/aromatic N) is 5. The lowest BCUT2D eigenvalue weighted by Gasteiger charge is -2.23. The van der Waals surface area contributed by atoms with Crippen molar-refractivity contribution in [2.24, 2.45) is 12.8 Å². The second-order valence-corrected chi connectivity index (χ2v) is 10.8. The number of aromatic hydroxyl groups is 1. The van der Waals surface area contributed by atoms with Gasteiger partial charge in [0.25, 0.3) is 11.5 Å². The van der Waals surface area contributed by atoms with E-state index in [9.17, 15) is 23.9 Å². The highest BCUT2D eigenvalue weighted by atomic mass is 35.5. The summed E-state index contributed by atoms with van der Waals surface area (Å²) >= 11 is 6.35. The average molecular weight is 598 g/mol. The zero-order valence-corrected chi connectivity index (χ0v) is 23.9. The third kappa shape index (κ3) is 5.65. The number of hydrogen-bond acceptors (Lipinski definition) is 8. The third-order valence-corrected chi connectivity index (χ3v) is 7.50. The summed E-state index contributed by atoms with van der Waals surface area (Å²) in [4.78, 5) is 48.7. The van der Waals surface area contributed by atoms with E-state index in [1.165, 1.54) is 41.0 Å². The first-order valence-corrected chi connectivity index (χ1v) is 13.5. The second-order valence-electron chi connectivity index (χ2n) is 10.3. The highest BCUT2D eigenvalue weighted by Gasteiger charge is 2.24. The van der Waals surface area contributed by atoms with E-state index < -0.39 is 34.5 Å². The van der Waals surface area contributed by atoms with Crippen molar-refractivity contribution in [2.75, 3.05) is 23.8 Å². The first kappa shape index (κ1) is 29.0. The van der Waals surface area contributed by atoms with Crippen LogP contribution in [-0.2, 0) is 23.1 Å². The number of halogens is 2. The molecule has 0 bridgehead atoms. The van der Waals surface area contributed by atoms with Crippen LogP contribution < -0.4 is 21.5 Å². The van der Waals surface area contributed by atoms with Gasteiger partial charge in [-0.25, -0.2) is 14.4 Å². The number of pyridine rings is 1. The van der Waals surface area contributed by atoms with E-state index in [0.29, 0.717) is 18.1 Å². The summed E-state index contributed by atoms with van der Waals surface area (Å²) in [6, 6.07) is 3.81.